The van der Waals surface area contributed by atoms with Crippen LogP contribution in [-0.4, -0.2) is 25.8 Å². The van der Waals surface area contributed by atoms with Gasteiger partial charge in [-0.3, -0.25) is 0 Å². The van der Waals surface area contributed by atoms with E-state index in [1.165, 1.54) is 43.5 Å². The highest BCUT2D eigenvalue weighted by Gasteiger charge is 2.36. The fraction of sp³-hybridized carbons (Fsp3) is 0.600. The van der Waals surface area contributed by atoms with Crippen molar-refractivity contribution in [3.05, 3.63) is 30.1 Å². The molecule has 2 fully saturated rings. The highest BCUT2D eigenvalue weighted by molar-refractivity contribution is 7.89. The van der Waals surface area contributed by atoms with Gasteiger partial charge in [-0.1, -0.05) is 19.3 Å². The maximum Gasteiger partial charge on any atom is 0.243 e. The molecule has 3 nitrogen and oxygen atoms in total. The van der Waals surface area contributed by atoms with E-state index >= 15 is 0 Å². The Morgan fingerprint density at radius 1 is 1.00 bits per heavy atom. The van der Waals surface area contributed by atoms with E-state index in [2.05, 4.69) is 0 Å². The molecular weight excluding hydrogens is 277 g/mol. The molecule has 1 aromatic rings. The van der Waals surface area contributed by atoms with Crippen LogP contribution >= 0.6 is 0 Å². The van der Waals surface area contributed by atoms with Gasteiger partial charge < -0.3 is 0 Å². The lowest BCUT2D eigenvalue weighted by Gasteiger charge is -2.40. The van der Waals surface area contributed by atoms with E-state index in [1.807, 2.05) is 0 Å². The summed E-state index contributed by atoms with van der Waals surface area (Å²) in [5.41, 5.74) is 0. The summed E-state index contributed by atoms with van der Waals surface area (Å²) in [4.78, 5) is 0.202. The van der Waals surface area contributed by atoms with Gasteiger partial charge in [-0.05, 0) is 48.9 Å². The number of hydrogen-bond acceptors (Lipinski definition) is 2. The minimum absolute atomic E-state index is 0.202. The Kier molecular flexibility index (Phi) is 3.82. The molecule has 1 aliphatic heterocycles. The molecule has 0 spiro atoms. The van der Waals surface area contributed by atoms with E-state index in [0.717, 1.165) is 12.8 Å². The predicted octanol–water partition coefficient (Wildman–Crippen LogP) is 3.03. The zero-order valence-corrected chi connectivity index (χ0v) is 12.3. The number of sulfonamides is 1. The topological polar surface area (TPSA) is 37.4 Å². The largest absolute Gasteiger partial charge is 0.243 e. The van der Waals surface area contributed by atoms with E-state index in [0.29, 0.717) is 24.9 Å². The molecule has 3 rings (SSSR count). The molecular formula is C15H20FNO2S. The van der Waals surface area contributed by atoms with E-state index in [1.54, 1.807) is 4.31 Å². The molecule has 110 valence electrons. The van der Waals surface area contributed by atoms with Crippen LogP contribution in [0.2, 0.25) is 0 Å². The highest BCUT2D eigenvalue weighted by Crippen LogP contribution is 2.37. The second kappa shape index (κ2) is 5.45. The molecule has 0 bridgehead atoms. The summed E-state index contributed by atoms with van der Waals surface area (Å²) in [6.45, 7) is 1.23. The molecule has 20 heavy (non-hydrogen) atoms. The molecule has 0 radical (unpaired) electrons. The lowest BCUT2D eigenvalue weighted by atomic mass is 9.76. The van der Waals surface area contributed by atoms with E-state index in [9.17, 15) is 12.8 Å². The molecule has 0 N–H and O–H groups in total. The maximum atomic E-state index is 12.9. The first-order valence-electron chi connectivity index (χ1n) is 7.33. The molecule has 5 heteroatoms. The van der Waals surface area contributed by atoms with Gasteiger partial charge >= 0.3 is 0 Å². The van der Waals surface area contributed by atoms with Crippen LogP contribution in [-0.2, 0) is 10.0 Å². The number of fused-ring (bicyclic) bond motifs is 1. The van der Waals surface area contributed by atoms with Gasteiger partial charge in [0.2, 0.25) is 10.0 Å². The van der Waals surface area contributed by atoms with E-state index in [-0.39, 0.29) is 4.90 Å². The van der Waals surface area contributed by atoms with Gasteiger partial charge in [0.05, 0.1) is 4.90 Å². The van der Waals surface area contributed by atoms with Crippen molar-refractivity contribution in [2.45, 2.75) is 37.0 Å². The molecule has 1 aromatic carbocycles. The average Bonchev–Trinajstić information content (AvgIpc) is 2.47. The standard InChI is InChI=1S/C15H20FNO2S/c16-14-5-7-15(8-6-14)20(18,19)17-10-9-12-3-1-2-4-13(12)11-17/h5-8,12-13H,1-4,9-11H2/t12-,13-/m1/s1. The van der Waals surface area contributed by atoms with Crippen molar-refractivity contribution in [3.63, 3.8) is 0 Å². The van der Waals surface area contributed by atoms with Crippen LogP contribution in [0.4, 0.5) is 4.39 Å². The fourth-order valence-corrected chi connectivity index (χ4v) is 5.05. The van der Waals surface area contributed by atoms with Crippen LogP contribution in [0.1, 0.15) is 32.1 Å². The first-order chi connectivity index (χ1) is 9.57. The third kappa shape index (κ3) is 2.61. The van der Waals surface area contributed by atoms with Crippen molar-refractivity contribution < 1.29 is 12.8 Å². The zero-order chi connectivity index (χ0) is 14.2. The number of piperidine rings is 1. The van der Waals surface area contributed by atoms with Gasteiger partial charge in [-0.15, -0.1) is 0 Å². The van der Waals surface area contributed by atoms with Gasteiger partial charge in [0.25, 0.3) is 0 Å². The van der Waals surface area contributed by atoms with Crippen LogP contribution in [0.5, 0.6) is 0 Å². The summed E-state index contributed by atoms with van der Waals surface area (Å²) in [7, 11) is -3.46. The number of benzene rings is 1. The highest BCUT2D eigenvalue weighted by atomic mass is 32.2. The lowest BCUT2D eigenvalue weighted by Crippen LogP contribution is -2.44. The Balaban J connectivity index is 1.79. The Bertz CT molecular complexity index is 570. The summed E-state index contributed by atoms with van der Waals surface area (Å²) < 4.78 is 39.7. The van der Waals surface area contributed by atoms with Crippen LogP contribution in [0, 0.1) is 17.7 Å². The Hall–Kier alpha value is -0.940. The van der Waals surface area contributed by atoms with E-state index in [4.69, 9.17) is 0 Å². The van der Waals surface area contributed by atoms with Gasteiger partial charge in [0, 0.05) is 13.1 Å². The van der Waals surface area contributed by atoms with Crippen LogP contribution < -0.4 is 0 Å². The molecule has 1 saturated carbocycles. The number of halogens is 1. The Morgan fingerprint density at radius 2 is 1.65 bits per heavy atom. The fourth-order valence-electron chi connectivity index (χ4n) is 3.54. The van der Waals surface area contributed by atoms with Crippen molar-refractivity contribution >= 4 is 10.0 Å². The van der Waals surface area contributed by atoms with Gasteiger partial charge in [-0.25, -0.2) is 12.8 Å². The average molecular weight is 297 g/mol. The smallest absolute Gasteiger partial charge is 0.207 e. The SMILES string of the molecule is O=S(=O)(c1ccc(F)cc1)N1CC[C@H]2CCCC[C@@H]2C1. The summed E-state index contributed by atoms with van der Waals surface area (Å²) in [6.07, 6.45) is 5.85. The number of rotatable bonds is 2. The normalized spacial score (nSPS) is 28.1. The molecule has 0 aromatic heterocycles. The third-order valence-corrected chi connectivity index (χ3v) is 6.58. The van der Waals surface area contributed by atoms with Crippen molar-refractivity contribution in [3.8, 4) is 0 Å². The first-order valence-corrected chi connectivity index (χ1v) is 8.77. The number of hydrogen-bond donors (Lipinski definition) is 0. The lowest BCUT2D eigenvalue weighted by molar-refractivity contribution is 0.136. The molecule has 2 atom stereocenters. The van der Waals surface area contributed by atoms with Crippen LogP contribution in [0.25, 0.3) is 0 Å². The summed E-state index contributed by atoms with van der Waals surface area (Å²) >= 11 is 0. The number of nitrogens with zero attached hydrogens (tertiary/aromatic N) is 1. The second-order valence-corrected chi connectivity index (χ2v) is 7.85. The van der Waals surface area contributed by atoms with Gasteiger partial charge in [0.1, 0.15) is 5.82 Å². The second-order valence-electron chi connectivity index (χ2n) is 5.91. The van der Waals surface area contributed by atoms with Crippen molar-refractivity contribution in [1.82, 2.24) is 4.31 Å². The summed E-state index contributed by atoms with van der Waals surface area (Å²) in [6, 6.07) is 5.13. The van der Waals surface area contributed by atoms with Crippen molar-refractivity contribution in [1.29, 1.82) is 0 Å². The van der Waals surface area contributed by atoms with E-state index < -0.39 is 15.8 Å². The molecule has 0 unspecified atom stereocenters. The molecule has 1 saturated heterocycles. The van der Waals surface area contributed by atoms with Crippen molar-refractivity contribution in [2.24, 2.45) is 11.8 Å². The first kappa shape index (κ1) is 14.0. The minimum atomic E-state index is -3.46. The van der Waals surface area contributed by atoms with Gasteiger partial charge in [-0.2, -0.15) is 4.31 Å². The van der Waals surface area contributed by atoms with Crippen LogP contribution in [0.15, 0.2) is 29.2 Å². The molecule has 0 amide bonds. The molecule has 2 aliphatic rings. The van der Waals surface area contributed by atoms with Gasteiger partial charge in [0.15, 0.2) is 0 Å². The summed E-state index contributed by atoms with van der Waals surface area (Å²) in [5.74, 6) is 0.797. The zero-order valence-electron chi connectivity index (χ0n) is 11.5. The Labute approximate surface area is 119 Å². The maximum absolute atomic E-state index is 12.9. The summed E-state index contributed by atoms with van der Waals surface area (Å²) in [5, 5.41) is 0. The Morgan fingerprint density at radius 3 is 2.35 bits per heavy atom. The predicted molar refractivity (Wildman–Crippen MR) is 75.2 cm³/mol. The quantitative estimate of drug-likeness (QED) is 0.841. The van der Waals surface area contributed by atoms with Crippen molar-refractivity contribution in [2.75, 3.05) is 13.1 Å². The van der Waals surface area contributed by atoms with Crippen LogP contribution in [0.3, 0.4) is 0 Å². The molecule has 1 heterocycles. The minimum Gasteiger partial charge on any atom is -0.207 e. The monoisotopic (exact) mass is 297 g/mol. The molecule has 1 aliphatic carbocycles. The third-order valence-electron chi connectivity index (χ3n) is 4.71.